The Bertz CT molecular complexity index is 276. The summed E-state index contributed by atoms with van der Waals surface area (Å²) in [6.45, 7) is 0. The third-order valence-corrected chi connectivity index (χ3v) is 2.21. The summed E-state index contributed by atoms with van der Waals surface area (Å²) >= 11 is 0. The number of quaternary nitrogens is 1. The third-order valence-electron chi connectivity index (χ3n) is 1.08. The van der Waals surface area contributed by atoms with Crippen molar-refractivity contribution in [2.75, 3.05) is 0 Å². The molecule has 0 saturated heterocycles. The molecule has 59 valence electrons. The highest BCUT2D eigenvalue weighted by Crippen LogP contribution is 2.13. The lowest BCUT2D eigenvalue weighted by Gasteiger charge is -1.90. The molecule has 0 aliphatic heterocycles. The van der Waals surface area contributed by atoms with Crippen LogP contribution in [0.4, 0.5) is 0 Å². The molecule has 0 bridgehead atoms. The highest BCUT2D eigenvalue weighted by Gasteiger charge is 2.36. The van der Waals surface area contributed by atoms with E-state index in [1.165, 1.54) is 24.5 Å². The Hall–Kier alpha value is -0.820. The van der Waals surface area contributed by atoms with Crippen molar-refractivity contribution in [1.82, 2.24) is 4.98 Å². The number of aromatic nitrogens is 1. The first-order valence-corrected chi connectivity index (χ1v) is 4.16. The molecule has 0 amide bonds. The maximum atomic E-state index is 10.9. The van der Waals surface area contributed by atoms with Crippen LogP contribution in [-0.2, 0) is 23.5 Å². The van der Waals surface area contributed by atoms with Crippen LogP contribution in [0.5, 0.6) is 0 Å². The zero-order valence-corrected chi connectivity index (χ0v) is 6.41. The van der Waals surface area contributed by atoms with Crippen LogP contribution in [0.15, 0.2) is 29.4 Å². The van der Waals surface area contributed by atoms with Gasteiger partial charge in [-0.2, -0.15) is 5.90 Å². The molecule has 0 aliphatic carbocycles. The molecule has 3 N–H and O–H groups in total. The third kappa shape index (κ3) is 1.81. The van der Waals surface area contributed by atoms with Crippen molar-refractivity contribution >= 4 is 10.5 Å². The van der Waals surface area contributed by atoms with Crippen molar-refractivity contribution in [2.24, 2.45) is 0 Å². The number of hydrogen-bond donors (Lipinski definition) is 1. The lowest BCUT2D eigenvalue weighted by Crippen LogP contribution is -2.52. The second-order valence-corrected chi connectivity index (χ2v) is 3.38. The summed E-state index contributed by atoms with van der Waals surface area (Å²) in [6, 6.07) is 2.89. The van der Waals surface area contributed by atoms with E-state index in [1.807, 2.05) is 0 Å². The Morgan fingerprint density at radius 3 is 2.82 bits per heavy atom. The lowest BCUT2D eigenvalue weighted by molar-refractivity contribution is -0.637. The standard InChI is InChI=1S/C5H7N2O3S/c6-10-11(8,9)5-2-1-3-7-4-5/h1-4H,6H3/q+2. The van der Waals surface area contributed by atoms with Gasteiger partial charge < -0.3 is 0 Å². The lowest BCUT2D eigenvalue weighted by atomic mass is 10.5. The van der Waals surface area contributed by atoms with Crippen molar-refractivity contribution in [2.45, 2.75) is 4.90 Å². The van der Waals surface area contributed by atoms with Gasteiger partial charge in [-0.1, -0.05) is 0 Å². The average molecular weight is 175 g/mol. The number of pyridine rings is 1. The Labute approximate surface area is 64.6 Å². The molecule has 0 fully saturated rings. The SMILES string of the molecule is [NH3+]O[S+]([O])(=O)c1cccnc1. The molecular formula is C5H7N2O3S+2. The zero-order chi connectivity index (χ0) is 8.32. The normalized spacial score (nSPS) is 15.8. The van der Waals surface area contributed by atoms with Crippen LogP contribution in [0.2, 0.25) is 0 Å². The Morgan fingerprint density at radius 1 is 1.64 bits per heavy atom. The van der Waals surface area contributed by atoms with Gasteiger partial charge >= 0.3 is 10.5 Å². The van der Waals surface area contributed by atoms with Gasteiger partial charge in [-0.05, 0) is 10.3 Å². The van der Waals surface area contributed by atoms with E-state index < -0.39 is 10.5 Å². The molecule has 1 rings (SSSR count). The molecule has 0 saturated carbocycles. The second-order valence-electron chi connectivity index (χ2n) is 1.76. The first-order chi connectivity index (χ1) is 5.17. The van der Waals surface area contributed by atoms with E-state index in [0.717, 1.165) is 0 Å². The van der Waals surface area contributed by atoms with Gasteiger partial charge in [0.25, 0.3) is 4.90 Å². The van der Waals surface area contributed by atoms with Gasteiger partial charge in [0.15, 0.2) is 0 Å². The van der Waals surface area contributed by atoms with Crippen LogP contribution in [0.1, 0.15) is 0 Å². The topological polar surface area (TPSA) is 86.7 Å². The molecule has 1 unspecified atom stereocenters. The smallest absolute Gasteiger partial charge is 0.259 e. The van der Waals surface area contributed by atoms with Gasteiger partial charge in [0, 0.05) is 12.3 Å². The fraction of sp³-hybridized carbons (Fsp3) is 0. The average Bonchev–Trinajstić information content (AvgIpc) is 2.06. The summed E-state index contributed by atoms with van der Waals surface area (Å²) in [5, 5.41) is 0. The monoisotopic (exact) mass is 175 g/mol. The Balaban J connectivity index is 3.03. The molecule has 1 aromatic heterocycles. The molecule has 0 aromatic carbocycles. The van der Waals surface area contributed by atoms with Crippen molar-refractivity contribution in [3.63, 3.8) is 0 Å². The highest BCUT2D eigenvalue weighted by molar-refractivity contribution is 7.92. The zero-order valence-electron chi connectivity index (χ0n) is 5.60. The minimum absolute atomic E-state index is 0.00926. The van der Waals surface area contributed by atoms with Crippen molar-refractivity contribution < 1.29 is 18.9 Å². The van der Waals surface area contributed by atoms with Gasteiger partial charge in [-0.25, -0.2) is 0 Å². The van der Waals surface area contributed by atoms with E-state index in [4.69, 9.17) is 0 Å². The predicted octanol–water partition coefficient (Wildman–Crippen LogP) is -0.626. The van der Waals surface area contributed by atoms with Crippen molar-refractivity contribution in [3.8, 4) is 0 Å². The van der Waals surface area contributed by atoms with Gasteiger partial charge in [-0.3, -0.25) is 4.98 Å². The number of nitrogens with zero attached hydrogens (tertiary/aromatic N) is 1. The fourth-order valence-electron chi connectivity index (χ4n) is 0.563. The van der Waals surface area contributed by atoms with Gasteiger partial charge in [0.1, 0.15) is 0 Å². The minimum Gasteiger partial charge on any atom is -0.259 e. The van der Waals surface area contributed by atoms with Gasteiger partial charge in [-0.15, -0.1) is 0 Å². The van der Waals surface area contributed by atoms with E-state index in [2.05, 4.69) is 15.2 Å². The highest BCUT2D eigenvalue weighted by atomic mass is 32.3. The Kier molecular flexibility index (Phi) is 2.30. The van der Waals surface area contributed by atoms with Crippen LogP contribution in [0.3, 0.4) is 0 Å². The summed E-state index contributed by atoms with van der Waals surface area (Å²) in [7, 11) is -3.67. The van der Waals surface area contributed by atoms with E-state index in [9.17, 15) is 8.76 Å². The first-order valence-electron chi connectivity index (χ1n) is 2.75. The quantitative estimate of drug-likeness (QED) is 0.479. The van der Waals surface area contributed by atoms with Crippen LogP contribution in [0, 0.1) is 0 Å². The van der Waals surface area contributed by atoms with Crippen molar-refractivity contribution in [1.29, 1.82) is 0 Å². The molecule has 1 atom stereocenters. The Morgan fingerprint density at radius 2 is 2.36 bits per heavy atom. The van der Waals surface area contributed by atoms with E-state index in [0.29, 0.717) is 0 Å². The van der Waals surface area contributed by atoms with Gasteiger partial charge in [0.2, 0.25) is 0 Å². The summed E-state index contributed by atoms with van der Waals surface area (Å²) in [6.07, 6.45) is 2.67. The molecule has 11 heavy (non-hydrogen) atoms. The summed E-state index contributed by atoms with van der Waals surface area (Å²) in [4.78, 5) is 3.62. The van der Waals surface area contributed by atoms with Crippen LogP contribution >= 0.6 is 0 Å². The number of hydrogen-bond acceptors (Lipinski definition) is 3. The van der Waals surface area contributed by atoms with Gasteiger partial charge in [0.05, 0.1) is 15.0 Å². The molecule has 0 aliphatic rings. The molecule has 1 radical (unpaired) electrons. The molecule has 0 spiro atoms. The van der Waals surface area contributed by atoms with Crippen LogP contribution in [0.25, 0.3) is 0 Å². The van der Waals surface area contributed by atoms with Crippen molar-refractivity contribution in [3.05, 3.63) is 24.5 Å². The number of rotatable bonds is 2. The van der Waals surface area contributed by atoms with E-state index in [-0.39, 0.29) is 4.90 Å². The molecule has 1 heterocycles. The molecular weight excluding hydrogens is 168 g/mol. The fourth-order valence-corrected chi connectivity index (χ4v) is 1.13. The van der Waals surface area contributed by atoms with E-state index in [1.54, 1.807) is 0 Å². The minimum atomic E-state index is -3.67. The largest absolute Gasteiger partial charge is 0.483 e. The van der Waals surface area contributed by atoms with Crippen LogP contribution in [-0.4, -0.2) is 4.98 Å². The summed E-state index contributed by atoms with van der Waals surface area (Å²) in [5.41, 5.74) is 0. The summed E-state index contributed by atoms with van der Waals surface area (Å²) < 4.78 is 25.8. The van der Waals surface area contributed by atoms with E-state index >= 15 is 0 Å². The summed E-state index contributed by atoms with van der Waals surface area (Å²) in [5.74, 6) is 2.82. The second kappa shape index (κ2) is 3.05. The molecule has 5 nitrogen and oxygen atoms in total. The predicted molar refractivity (Wildman–Crippen MR) is 35.2 cm³/mol. The molecule has 6 heteroatoms. The molecule has 1 aromatic rings. The van der Waals surface area contributed by atoms with Crippen LogP contribution < -0.4 is 5.90 Å². The first kappa shape index (κ1) is 8.28. The maximum absolute atomic E-state index is 10.9. The maximum Gasteiger partial charge on any atom is 0.483 e.